The average Bonchev–Trinajstić information content (AvgIpc) is 2.96. The molecule has 0 unspecified atom stereocenters. The topological polar surface area (TPSA) is 43.7 Å². The van der Waals surface area contributed by atoms with Gasteiger partial charge in [0.1, 0.15) is 18.0 Å². The van der Waals surface area contributed by atoms with Crippen LogP contribution in [0.4, 0.5) is 0 Å². The zero-order valence-corrected chi connectivity index (χ0v) is 14.5. The van der Waals surface area contributed by atoms with Gasteiger partial charge in [-0.3, -0.25) is 4.79 Å². The van der Waals surface area contributed by atoms with E-state index in [0.29, 0.717) is 6.54 Å². The fourth-order valence-electron chi connectivity index (χ4n) is 2.81. The molecule has 126 valence electrons. The van der Waals surface area contributed by atoms with E-state index in [2.05, 4.69) is 13.8 Å². The second-order valence-corrected chi connectivity index (χ2v) is 5.59. The summed E-state index contributed by atoms with van der Waals surface area (Å²) in [6.07, 6.45) is 3.88. The number of benzene rings is 1. The van der Waals surface area contributed by atoms with Gasteiger partial charge in [0, 0.05) is 36.8 Å². The summed E-state index contributed by atoms with van der Waals surface area (Å²) in [5.41, 5.74) is 0.947. The number of rotatable bonds is 8. The number of amides is 1. The van der Waals surface area contributed by atoms with E-state index in [4.69, 9.17) is 9.47 Å². The molecule has 1 amide bonds. The quantitative estimate of drug-likeness (QED) is 0.750. The number of ether oxygens (including phenoxy) is 2. The lowest BCUT2D eigenvalue weighted by Crippen LogP contribution is -2.35. The van der Waals surface area contributed by atoms with Crippen LogP contribution in [0.15, 0.2) is 24.4 Å². The van der Waals surface area contributed by atoms with Crippen LogP contribution in [0.25, 0.3) is 10.9 Å². The molecule has 5 heteroatoms. The predicted octanol–water partition coefficient (Wildman–Crippen LogP) is 3.31. The Labute approximate surface area is 137 Å². The van der Waals surface area contributed by atoms with Gasteiger partial charge in [-0.25, -0.2) is 0 Å². The molecule has 0 aliphatic rings. The van der Waals surface area contributed by atoms with Crippen LogP contribution in [0.2, 0.25) is 0 Å². The second kappa shape index (κ2) is 7.90. The second-order valence-electron chi connectivity index (χ2n) is 5.59. The Morgan fingerprint density at radius 1 is 1.13 bits per heavy atom. The van der Waals surface area contributed by atoms with Crippen molar-refractivity contribution in [2.24, 2.45) is 0 Å². The van der Waals surface area contributed by atoms with Crippen LogP contribution in [0.5, 0.6) is 11.5 Å². The molecule has 0 saturated heterocycles. The molecular formula is C18H26N2O3. The van der Waals surface area contributed by atoms with Crippen molar-refractivity contribution in [1.82, 2.24) is 9.47 Å². The predicted molar refractivity (Wildman–Crippen MR) is 92.2 cm³/mol. The van der Waals surface area contributed by atoms with Gasteiger partial charge in [0.15, 0.2) is 0 Å². The highest BCUT2D eigenvalue weighted by Gasteiger charge is 2.15. The molecule has 23 heavy (non-hydrogen) atoms. The minimum atomic E-state index is 0.146. The molecule has 1 aromatic carbocycles. The summed E-state index contributed by atoms with van der Waals surface area (Å²) in [7, 11) is 3.27. The lowest BCUT2D eigenvalue weighted by Gasteiger charge is -2.22. The zero-order valence-electron chi connectivity index (χ0n) is 14.5. The van der Waals surface area contributed by atoms with E-state index in [0.717, 1.165) is 48.3 Å². The first-order valence-corrected chi connectivity index (χ1v) is 8.13. The minimum Gasteiger partial charge on any atom is -0.497 e. The normalized spacial score (nSPS) is 10.8. The van der Waals surface area contributed by atoms with Gasteiger partial charge >= 0.3 is 0 Å². The van der Waals surface area contributed by atoms with E-state index in [9.17, 15) is 4.79 Å². The van der Waals surface area contributed by atoms with Crippen molar-refractivity contribution in [2.45, 2.75) is 33.2 Å². The van der Waals surface area contributed by atoms with Crippen molar-refractivity contribution < 1.29 is 14.3 Å². The van der Waals surface area contributed by atoms with Gasteiger partial charge in [0.25, 0.3) is 0 Å². The average molecular weight is 318 g/mol. The molecule has 2 rings (SSSR count). The van der Waals surface area contributed by atoms with Crippen LogP contribution in [-0.2, 0) is 11.3 Å². The van der Waals surface area contributed by atoms with Crippen LogP contribution in [-0.4, -0.2) is 42.7 Å². The van der Waals surface area contributed by atoms with Gasteiger partial charge in [-0.15, -0.1) is 0 Å². The molecule has 0 bridgehead atoms. The first-order chi connectivity index (χ1) is 11.1. The molecule has 1 aromatic heterocycles. The number of nitrogens with zero attached hydrogens (tertiary/aromatic N) is 2. The molecule has 0 fully saturated rings. The van der Waals surface area contributed by atoms with E-state index in [-0.39, 0.29) is 5.91 Å². The monoisotopic (exact) mass is 318 g/mol. The Morgan fingerprint density at radius 2 is 1.83 bits per heavy atom. The largest absolute Gasteiger partial charge is 0.497 e. The van der Waals surface area contributed by atoms with Gasteiger partial charge in [-0.1, -0.05) is 13.8 Å². The van der Waals surface area contributed by atoms with Crippen molar-refractivity contribution in [2.75, 3.05) is 27.3 Å². The third-order valence-corrected chi connectivity index (χ3v) is 3.93. The highest BCUT2D eigenvalue weighted by Crippen LogP contribution is 2.31. The number of hydrogen-bond acceptors (Lipinski definition) is 3. The van der Waals surface area contributed by atoms with Crippen LogP contribution < -0.4 is 9.47 Å². The van der Waals surface area contributed by atoms with Gasteiger partial charge in [-0.05, 0) is 18.9 Å². The molecule has 2 aromatic rings. The number of fused-ring (bicyclic) bond motifs is 1. The summed E-state index contributed by atoms with van der Waals surface area (Å²) in [5.74, 6) is 1.62. The Kier molecular flexibility index (Phi) is 5.90. The van der Waals surface area contributed by atoms with Crippen molar-refractivity contribution in [3.05, 3.63) is 24.4 Å². The molecule has 0 radical (unpaired) electrons. The van der Waals surface area contributed by atoms with Crippen molar-refractivity contribution >= 4 is 16.8 Å². The highest BCUT2D eigenvalue weighted by atomic mass is 16.5. The lowest BCUT2D eigenvalue weighted by atomic mass is 10.2. The number of aromatic nitrogens is 1. The Hall–Kier alpha value is -2.17. The third-order valence-electron chi connectivity index (χ3n) is 3.93. The van der Waals surface area contributed by atoms with Gasteiger partial charge in [0.2, 0.25) is 5.91 Å². The Bertz CT molecular complexity index is 658. The molecule has 5 nitrogen and oxygen atoms in total. The van der Waals surface area contributed by atoms with E-state index in [1.165, 1.54) is 0 Å². The summed E-state index contributed by atoms with van der Waals surface area (Å²) in [6.45, 7) is 6.13. The summed E-state index contributed by atoms with van der Waals surface area (Å²) in [4.78, 5) is 14.5. The zero-order chi connectivity index (χ0) is 16.8. The van der Waals surface area contributed by atoms with Gasteiger partial charge in [0.05, 0.1) is 19.7 Å². The van der Waals surface area contributed by atoms with Crippen LogP contribution >= 0.6 is 0 Å². The summed E-state index contributed by atoms with van der Waals surface area (Å²) in [6, 6.07) is 5.77. The number of hydrogen-bond donors (Lipinski definition) is 0. The number of methoxy groups -OCH3 is 2. The summed E-state index contributed by atoms with van der Waals surface area (Å²) >= 11 is 0. The maximum absolute atomic E-state index is 12.6. The molecular weight excluding hydrogens is 292 g/mol. The van der Waals surface area contributed by atoms with Crippen molar-refractivity contribution in [3.63, 3.8) is 0 Å². The standard InChI is InChI=1S/C18H26N2O3/c1-5-8-19(9-6-2)18(21)13-20-10-7-15-16(20)11-14(22-3)12-17(15)23-4/h7,10-12H,5-6,8-9,13H2,1-4H3. The van der Waals surface area contributed by atoms with Gasteiger partial charge < -0.3 is 18.9 Å². The Balaban J connectivity index is 2.31. The fraction of sp³-hybridized carbons (Fsp3) is 0.500. The van der Waals surface area contributed by atoms with E-state index < -0.39 is 0 Å². The molecule has 0 atom stereocenters. The molecule has 0 aliphatic carbocycles. The first kappa shape index (κ1) is 17.2. The SMILES string of the molecule is CCCN(CCC)C(=O)Cn1ccc2c(OC)cc(OC)cc21. The smallest absolute Gasteiger partial charge is 0.242 e. The molecule has 0 N–H and O–H groups in total. The molecule has 1 heterocycles. The first-order valence-electron chi connectivity index (χ1n) is 8.13. The van der Waals surface area contributed by atoms with Crippen molar-refractivity contribution in [3.8, 4) is 11.5 Å². The van der Waals surface area contributed by atoms with Crippen LogP contribution in [0.3, 0.4) is 0 Å². The van der Waals surface area contributed by atoms with Crippen LogP contribution in [0, 0.1) is 0 Å². The number of carbonyl (C=O) groups excluding carboxylic acids is 1. The highest BCUT2D eigenvalue weighted by molar-refractivity contribution is 5.89. The Morgan fingerprint density at radius 3 is 2.39 bits per heavy atom. The maximum atomic E-state index is 12.6. The molecule has 0 aliphatic heterocycles. The fourth-order valence-corrected chi connectivity index (χ4v) is 2.81. The summed E-state index contributed by atoms with van der Waals surface area (Å²) in [5, 5.41) is 0.985. The van der Waals surface area contributed by atoms with Gasteiger partial charge in [-0.2, -0.15) is 0 Å². The minimum absolute atomic E-state index is 0.146. The van der Waals surface area contributed by atoms with Crippen molar-refractivity contribution in [1.29, 1.82) is 0 Å². The van der Waals surface area contributed by atoms with Crippen LogP contribution in [0.1, 0.15) is 26.7 Å². The maximum Gasteiger partial charge on any atom is 0.242 e. The summed E-state index contributed by atoms with van der Waals surface area (Å²) < 4.78 is 12.7. The lowest BCUT2D eigenvalue weighted by molar-refractivity contribution is -0.131. The molecule has 0 saturated carbocycles. The third kappa shape index (κ3) is 3.78. The number of carbonyl (C=O) groups is 1. The van der Waals surface area contributed by atoms with E-state index in [1.807, 2.05) is 33.9 Å². The van der Waals surface area contributed by atoms with E-state index in [1.54, 1.807) is 14.2 Å². The molecule has 0 spiro atoms. The van der Waals surface area contributed by atoms with E-state index >= 15 is 0 Å².